The molecule has 4 bridgehead atoms. The van der Waals surface area contributed by atoms with Crippen molar-refractivity contribution in [1.29, 1.82) is 0 Å². The normalized spacial score (nSPS) is 43.3. The number of hydrogen-bond acceptors (Lipinski definition) is 2. The lowest BCUT2D eigenvalue weighted by Crippen LogP contribution is -2.48. The van der Waals surface area contributed by atoms with Crippen LogP contribution in [-0.2, 0) is 7.05 Å². The van der Waals surface area contributed by atoms with Gasteiger partial charge in [-0.2, -0.15) is 5.10 Å². The molecule has 18 heavy (non-hydrogen) atoms. The van der Waals surface area contributed by atoms with Crippen LogP contribution in [0.25, 0.3) is 0 Å². The minimum absolute atomic E-state index is 0.216. The van der Waals surface area contributed by atoms with Crippen LogP contribution >= 0.6 is 0 Å². The van der Waals surface area contributed by atoms with Crippen LogP contribution in [0.2, 0.25) is 0 Å². The molecule has 0 aliphatic heterocycles. The molecule has 98 valence electrons. The molecule has 0 spiro atoms. The van der Waals surface area contributed by atoms with E-state index in [1.807, 2.05) is 17.9 Å². The predicted molar refractivity (Wildman–Crippen MR) is 70.7 cm³/mol. The summed E-state index contributed by atoms with van der Waals surface area (Å²) in [7, 11) is 1.98. The Kier molecular flexibility index (Phi) is 2.35. The van der Waals surface area contributed by atoms with E-state index in [9.17, 15) is 0 Å². The van der Waals surface area contributed by atoms with Crippen molar-refractivity contribution in [3.8, 4) is 0 Å². The first kappa shape index (κ1) is 11.0. The van der Waals surface area contributed by atoms with E-state index in [0.29, 0.717) is 0 Å². The van der Waals surface area contributed by atoms with Crippen molar-refractivity contribution in [2.24, 2.45) is 42.4 Å². The summed E-state index contributed by atoms with van der Waals surface area (Å²) in [6.07, 6.45) is 11.4. The lowest BCUT2D eigenvalue weighted by molar-refractivity contribution is -0.0471. The number of nitrogens with two attached hydrogens (primary N) is 1. The Labute approximate surface area is 109 Å². The van der Waals surface area contributed by atoms with Gasteiger partial charge in [0.25, 0.3) is 0 Å². The molecule has 3 nitrogen and oxygen atoms in total. The molecule has 0 aromatic carbocycles. The molecule has 2 N–H and O–H groups in total. The minimum Gasteiger partial charge on any atom is -0.324 e. The van der Waals surface area contributed by atoms with Gasteiger partial charge in [-0.3, -0.25) is 4.68 Å². The Hall–Kier alpha value is -0.830. The third-order valence-electron chi connectivity index (χ3n) is 5.82. The standard InChI is InChI=1S/C15H23N3/c1-18-8-13(7-17-18)15(16)14-11-3-9-2-10(5-11)6-12(14)4-9/h7-12,14-15H,2-6,16H2,1H3. The van der Waals surface area contributed by atoms with Crippen molar-refractivity contribution in [2.45, 2.75) is 38.1 Å². The van der Waals surface area contributed by atoms with Gasteiger partial charge in [0.2, 0.25) is 0 Å². The van der Waals surface area contributed by atoms with E-state index in [0.717, 1.165) is 29.6 Å². The first-order chi connectivity index (χ1) is 8.70. The molecule has 0 amide bonds. The number of aryl methyl sites for hydroxylation is 1. The highest BCUT2D eigenvalue weighted by molar-refractivity contribution is 5.14. The van der Waals surface area contributed by atoms with Crippen LogP contribution in [0.5, 0.6) is 0 Å². The summed E-state index contributed by atoms with van der Waals surface area (Å²) in [5.41, 5.74) is 7.83. The molecule has 1 aromatic heterocycles. The van der Waals surface area contributed by atoms with Gasteiger partial charge in [-0.25, -0.2) is 0 Å². The fraction of sp³-hybridized carbons (Fsp3) is 0.800. The molecule has 0 radical (unpaired) electrons. The van der Waals surface area contributed by atoms with Crippen LogP contribution < -0.4 is 5.73 Å². The molecule has 4 aliphatic rings. The maximum atomic E-state index is 6.58. The van der Waals surface area contributed by atoms with Crippen LogP contribution in [0.1, 0.15) is 43.7 Å². The van der Waals surface area contributed by atoms with E-state index >= 15 is 0 Å². The van der Waals surface area contributed by atoms with Gasteiger partial charge in [0.15, 0.2) is 0 Å². The SMILES string of the molecule is Cn1cc(C(N)C2C3CC4CC(C3)CC2C4)cn1. The Bertz CT molecular complexity index is 422. The van der Waals surface area contributed by atoms with Crippen molar-refractivity contribution in [3.05, 3.63) is 18.0 Å². The first-order valence-corrected chi connectivity index (χ1v) is 7.45. The minimum atomic E-state index is 0.216. The summed E-state index contributed by atoms with van der Waals surface area (Å²) in [5.74, 6) is 4.59. The third kappa shape index (κ3) is 1.56. The highest BCUT2D eigenvalue weighted by Crippen LogP contribution is 2.58. The molecule has 4 fully saturated rings. The lowest BCUT2D eigenvalue weighted by Gasteiger charge is -2.56. The second-order valence-electron chi connectivity index (χ2n) is 6.98. The van der Waals surface area contributed by atoms with Gasteiger partial charge in [0.1, 0.15) is 0 Å². The molecule has 4 saturated carbocycles. The van der Waals surface area contributed by atoms with E-state index in [4.69, 9.17) is 5.73 Å². The Morgan fingerprint density at radius 1 is 1.17 bits per heavy atom. The number of aromatic nitrogens is 2. The summed E-state index contributed by atoms with van der Waals surface area (Å²) in [6, 6.07) is 0.216. The van der Waals surface area contributed by atoms with Gasteiger partial charge in [0, 0.05) is 24.8 Å². The van der Waals surface area contributed by atoms with Gasteiger partial charge in [0.05, 0.1) is 6.20 Å². The Morgan fingerprint density at radius 3 is 2.28 bits per heavy atom. The van der Waals surface area contributed by atoms with Crippen LogP contribution in [0.3, 0.4) is 0 Å². The van der Waals surface area contributed by atoms with Crippen LogP contribution in [0.15, 0.2) is 12.4 Å². The highest BCUT2D eigenvalue weighted by atomic mass is 15.2. The second-order valence-corrected chi connectivity index (χ2v) is 6.98. The lowest BCUT2D eigenvalue weighted by atomic mass is 9.50. The van der Waals surface area contributed by atoms with E-state index in [-0.39, 0.29) is 6.04 Å². The quantitative estimate of drug-likeness (QED) is 0.870. The fourth-order valence-corrected chi connectivity index (χ4v) is 5.39. The molecular formula is C15H23N3. The van der Waals surface area contributed by atoms with Gasteiger partial charge < -0.3 is 5.73 Å². The topological polar surface area (TPSA) is 43.8 Å². The molecule has 5 rings (SSSR count). The third-order valence-corrected chi connectivity index (χ3v) is 5.82. The zero-order chi connectivity index (χ0) is 12.3. The molecule has 0 saturated heterocycles. The molecule has 1 aromatic rings. The predicted octanol–water partition coefficient (Wildman–Crippen LogP) is 2.49. The van der Waals surface area contributed by atoms with E-state index in [1.54, 1.807) is 0 Å². The van der Waals surface area contributed by atoms with Crippen molar-refractivity contribution >= 4 is 0 Å². The van der Waals surface area contributed by atoms with Gasteiger partial charge in [-0.1, -0.05) is 0 Å². The van der Waals surface area contributed by atoms with E-state index < -0.39 is 0 Å². The Morgan fingerprint density at radius 2 is 1.78 bits per heavy atom. The van der Waals surface area contributed by atoms with Crippen molar-refractivity contribution in [1.82, 2.24) is 9.78 Å². The summed E-state index contributed by atoms with van der Waals surface area (Å²) < 4.78 is 1.88. The second kappa shape index (κ2) is 3.83. The number of rotatable bonds is 2. The number of hydrogen-bond donors (Lipinski definition) is 1. The molecule has 4 aliphatic carbocycles. The average Bonchev–Trinajstić information content (AvgIpc) is 2.74. The average molecular weight is 245 g/mol. The zero-order valence-corrected chi connectivity index (χ0v) is 11.1. The maximum Gasteiger partial charge on any atom is 0.0537 e. The summed E-state index contributed by atoms with van der Waals surface area (Å²) in [6.45, 7) is 0. The van der Waals surface area contributed by atoms with Gasteiger partial charge >= 0.3 is 0 Å². The van der Waals surface area contributed by atoms with Crippen LogP contribution in [0, 0.1) is 29.6 Å². The van der Waals surface area contributed by atoms with E-state index in [2.05, 4.69) is 11.3 Å². The molecule has 3 heteroatoms. The fourth-order valence-electron chi connectivity index (χ4n) is 5.39. The largest absolute Gasteiger partial charge is 0.324 e. The van der Waals surface area contributed by atoms with Crippen molar-refractivity contribution in [3.63, 3.8) is 0 Å². The van der Waals surface area contributed by atoms with Crippen molar-refractivity contribution in [2.75, 3.05) is 0 Å². The smallest absolute Gasteiger partial charge is 0.0537 e. The molecule has 1 atom stereocenters. The molecular weight excluding hydrogens is 222 g/mol. The zero-order valence-electron chi connectivity index (χ0n) is 11.1. The first-order valence-electron chi connectivity index (χ1n) is 7.45. The summed E-state index contributed by atoms with van der Waals surface area (Å²) in [5, 5.41) is 4.29. The van der Waals surface area contributed by atoms with Gasteiger partial charge in [-0.05, 0) is 61.7 Å². The maximum absolute atomic E-state index is 6.58. The summed E-state index contributed by atoms with van der Waals surface area (Å²) >= 11 is 0. The monoisotopic (exact) mass is 245 g/mol. The van der Waals surface area contributed by atoms with Gasteiger partial charge in [-0.15, -0.1) is 0 Å². The van der Waals surface area contributed by atoms with Crippen LogP contribution in [-0.4, -0.2) is 9.78 Å². The van der Waals surface area contributed by atoms with E-state index in [1.165, 1.54) is 37.7 Å². The van der Waals surface area contributed by atoms with Crippen LogP contribution in [0.4, 0.5) is 0 Å². The highest BCUT2D eigenvalue weighted by Gasteiger charge is 2.50. The number of nitrogens with zero attached hydrogens (tertiary/aromatic N) is 2. The summed E-state index contributed by atoms with van der Waals surface area (Å²) in [4.78, 5) is 0. The molecule has 1 unspecified atom stereocenters. The molecule has 1 heterocycles. The van der Waals surface area contributed by atoms with Crippen molar-refractivity contribution < 1.29 is 0 Å². The Balaban J connectivity index is 1.61.